The first-order chi connectivity index (χ1) is 11.8. The van der Waals surface area contributed by atoms with E-state index in [9.17, 15) is 4.79 Å². The molecule has 2 N–H and O–H groups in total. The smallest absolute Gasteiger partial charge is 0.234 e. The van der Waals surface area contributed by atoms with Crippen LogP contribution in [0.3, 0.4) is 0 Å². The fourth-order valence-corrected chi connectivity index (χ4v) is 3.54. The molecular weight excluding hydrogens is 304 g/mol. The molecule has 1 aromatic rings. The quantitative estimate of drug-likeness (QED) is 0.723. The number of anilines is 1. The molecule has 0 unspecified atom stereocenters. The second kappa shape index (κ2) is 8.46. The Labute approximate surface area is 144 Å². The Morgan fingerprint density at radius 1 is 1.04 bits per heavy atom. The van der Waals surface area contributed by atoms with Gasteiger partial charge in [0.1, 0.15) is 0 Å². The summed E-state index contributed by atoms with van der Waals surface area (Å²) in [5.74, 6) is 0.109. The lowest BCUT2D eigenvalue weighted by Crippen LogP contribution is -2.50. The molecule has 0 atom stereocenters. The zero-order valence-electron chi connectivity index (χ0n) is 14.3. The van der Waals surface area contributed by atoms with Crippen molar-refractivity contribution in [3.05, 3.63) is 29.8 Å². The molecule has 1 amide bonds. The Hall–Kier alpha value is -1.63. The summed E-state index contributed by atoms with van der Waals surface area (Å²) < 4.78 is 0. The average Bonchev–Trinajstić information content (AvgIpc) is 3.00. The van der Waals surface area contributed by atoms with Gasteiger partial charge < -0.3 is 15.3 Å². The highest BCUT2D eigenvalue weighted by molar-refractivity contribution is 5.78. The van der Waals surface area contributed by atoms with Crippen molar-refractivity contribution < 1.29 is 9.90 Å². The molecule has 2 heterocycles. The first-order valence-corrected chi connectivity index (χ1v) is 8.91. The number of nitrogens with zero attached hydrogens (tertiary/aromatic N) is 3. The van der Waals surface area contributed by atoms with Gasteiger partial charge in [0.2, 0.25) is 5.91 Å². The molecule has 2 aliphatic heterocycles. The molecule has 6 heteroatoms. The van der Waals surface area contributed by atoms with E-state index in [-0.39, 0.29) is 12.5 Å². The summed E-state index contributed by atoms with van der Waals surface area (Å²) in [6.07, 6.45) is 1.10. The van der Waals surface area contributed by atoms with E-state index in [4.69, 9.17) is 5.11 Å². The molecule has 0 radical (unpaired) electrons. The van der Waals surface area contributed by atoms with Crippen molar-refractivity contribution in [2.75, 3.05) is 70.4 Å². The van der Waals surface area contributed by atoms with Gasteiger partial charge in [-0.05, 0) is 18.1 Å². The monoisotopic (exact) mass is 332 g/mol. The SMILES string of the molecule is O=C(CN1CCN(CCO)CC1)NCCN1CCc2ccccc21. The Morgan fingerprint density at radius 2 is 1.79 bits per heavy atom. The number of piperazine rings is 1. The molecule has 24 heavy (non-hydrogen) atoms. The normalized spacial score (nSPS) is 18.6. The van der Waals surface area contributed by atoms with E-state index in [2.05, 4.69) is 44.3 Å². The van der Waals surface area contributed by atoms with Gasteiger partial charge in [-0.2, -0.15) is 0 Å². The van der Waals surface area contributed by atoms with Crippen LogP contribution in [0.5, 0.6) is 0 Å². The molecule has 0 spiro atoms. The van der Waals surface area contributed by atoms with Crippen molar-refractivity contribution in [1.82, 2.24) is 15.1 Å². The molecule has 1 aromatic carbocycles. The van der Waals surface area contributed by atoms with Gasteiger partial charge in [-0.15, -0.1) is 0 Å². The van der Waals surface area contributed by atoms with Gasteiger partial charge in [-0.3, -0.25) is 14.6 Å². The van der Waals surface area contributed by atoms with Crippen molar-refractivity contribution in [2.24, 2.45) is 0 Å². The second-order valence-corrected chi connectivity index (χ2v) is 6.56. The number of amides is 1. The number of carbonyl (C=O) groups is 1. The largest absolute Gasteiger partial charge is 0.395 e. The fourth-order valence-electron chi connectivity index (χ4n) is 3.54. The summed E-state index contributed by atoms with van der Waals surface area (Å²) in [5.41, 5.74) is 2.72. The maximum atomic E-state index is 12.1. The van der Waals surface area contributed by atoms with Crippen LogP contribution in [0.1, 0.15) is 5.56 Å². The van der Waals surface area contributed by atoms with Crippen LogP contribution >= 0.6 is 0 Å². The minimum atomic E-state index is 0.109. The lowest BCUT2D eigenvalue weighted by Gasteiger charge is -2.33. The van der Waals surface area contributed by atoms with Crippen molar-refractivity contribution in [2.45, 2.75) is 6.42 Å². The summed E-state index contributed by atoms with van der Waals surface area (Å²) in [4.78, 5) is 18.9. The number of rotatable bonds is 7. The van der Waals surface area contributed by atoms with Gasteiger partial charge in [-0.25, -0.2) is 0 Å². The summed E-state index contributed by atoms with van der Waals surface area (Å²) in [5, 5.41) is 12.0. The first kappa shape index (κ1) is 17.2. The molecule has 0 saturated carbocycles. The molecule has 3 rings (SSSR count). The van der Waals surface area contributed by atoms with Gasteiger partial charge in [0.25, 0.3) is 0 Å². The van der Waals surface area contributed by atoms with Crippen molar-refractivity contribution in [3.63, 3.8) is 0 Å². The zero-order chi connectivity index (χ0) is 16.8. The highest BCUT2D eigenvalue weighted by atomic mass is 16.3. The molecule has 0 aliphatic carbocycles. The minimum absolute atomic E-state index is 0.109. The van der Waals surface area contributed by atoms with Crippen LogP contribution in [-0.2, 0) is 11.2 Å². The van der Waals surface area contributed by atoms with E-state index in [1.807, 2.05) is 0 Å². The van der Waals surface area contributed by atoms with Crippen LogP contribution in [0.25, 0.3) is 0 Å². The molecule has 0 aromatic heterocycles. The maximum Gasteiger partial charge on any atom is 0.234 e. The Balaban J connectivity index is 1.34. The number of fused-ring (bicyclic) bond motifs is 1. The van der Waals surface area contributed by atoms with Crippen molar-refractivity contribution in [1.29, 1.82) is 0 Å². The lowest BCUT2D eigenvalue weighted by atomic mass is 10.2. The third-order valence-electron chi connectivity index (χ3n) is 4.94. The maximum absolute atomic E-state index is 12.1. The highest BCUT2D eigenvalue weighted by Gasteiger charge is 2.20. The molecular formula is C18H28N4O2. The number of benzene rings is 1. The summed E-state index contributed by atoms with van der Waals surface area (Å²) in [6.45, 7) is 7.67. The minimum Gasteiger partial charge on any atom is -0.395 e. The van der Waals surface area contributed by atoms with Crippen LogP contribution in [-0.4, -0.2) is 86.3 Å². The zero-order valence-corrected chi connectivity index (χ0v) is 14.3. The summed E-state index contributed by atoms with van der Waals surface area (Å²) >= 11 is 0. The number of hydrogen-bond acceptors (Lipinski definition) is 5. The van der Waals surface area contributed by atoms with Crippen LogP contribution < -0.4 is 10.2 Å². The molecule has 6 nitrogen and oxygen atoms in total. The van der Waals surface area contributed by atoms with Crippen molar-refractivity contribution >= 4 is 11.6 Å². The summed E-state index contributed by atoms with van der Waals surface area (Å²) in [7, 11) is 0. The fraction of sp³-hybridized carbons (Fsp3) is 0.611. The molecule has 0 bridgehead atoms. The van der Waals surface area contributed by atoms with Crippen LogP contribution in [0.15, 0.2) is 24.3 Å². The van der Waals surface area contributed by atoms with Gasteiger partial charge in [0.05, 0.1) is 13.2 Å². The van der Waals surface area contributed by atoms with E-state index in [0.29, 0.717) is 13.1 Å². The summed E-state index contributed by atoms with van der Waals surface area (Å²) in [6, 6.07) is 8.51. The Kier molecular flexibility index (Phi) is 6.07. The number of aliphatic hydroxyl groups excluding tert-OH is 1. The van der Waals surface area contributed by atoms with Crippen LogP contribution in [0, 0.1) is 0 Å². The first-order valence-electron chi connectivity index (χ1n) is 8.91. The second-order valence-electron chi connectivity index (χ2n) is 6.56. The number of aliphatic hydroxyl groups is 1. The van der Waals surface area contributed by atoms with E-state index in [0.717, 1.165) is 52.2 Å². The average molecular weight is 332 g/mol. The molecule has 1 fully saturated rings. The lowest BCUT2D eigenvalue weighted by molar-refractivity contribution is -0.122. The van der Waals surface area contributed by atoms with Crippen LogP contribution in [0.2, 0.25) is 0 Å². The number of nitrogens with one attached hydrogen (secondary N) is 1. The van der Waals surface area contributed by atoms with E-state index in [1.165, 1.54) is 11.3 Å². The standard InChI is InChI=1S/C18H28N4O2/c23-14-13-20-9-11-21(12-10-20)15-18(24)19-6-8-22-7-5-16-3-1-2-4-17(16)22/h1-4,23H,5-15H2,(H,19,24). The predicted octanol–water partition coefficient (Wildman–Crippen LogP) is -0.225. The number of carbonyl (C=O) groups excluding carboxylic acids is 1. The van der Waals surface area contributed by atoms with Gasteiger partial charge in [0, 0.05) is 58.0 Å². The number of β-amino-alcohol motifs (C(OH)–C–C–N with tert-alkyl or cyclic N) is 1. The number of para-hydroxylation sites is 1. The van der Waals surface area contributed by atoms with Gasteiger partial charge in [0.15, 0.2) is 0 Å². The van der Waals surface area contributed by atoms with E-state index in [1.54, 1.807) is 0 Å². The van der Waals surface area contributed by atoms with E-state index < -0.39 is 0 Å². The number of hydrogen-bond donors (Lipinski definition) is 2. The highest BCUT2D eigenvalue weighted by Crippen LogP contribution is 2.26. The van der Waals surface area contributed by atoms with E-state index >= 15 is 0 Å². The van der Waals surface area contributed by atoms with Crippen LogP contribution in [0.4, 0.5) is 5.69 Å². The van der Waals surface area contributed by atoms with Gasteiger partial charge in [-0.1, -0.05) is 18.2 Å². The third kappa shape index (κ3) is 4.47. The van der Waals surface area contributed by atoms with Gasteiger partial charge >= 0.3 is 0 Å². The third-order valence-corrected chi connectivity index (χ3v) is 4.94. The molecule has 1 saturated heterocycles. The molecule has 132 valence electrons. The molecule has 2 aliphatic rings. The van der Waals surface area contributed by atoms with Crippen molar-refractivity contribution in [3.8, 4) is 0 Å². The Bertz CT molecular complexity index is 544. The topological polar surface area (TPSA) is 59.1 Å². The predicted molar refractivity (Wildman–Crippen MR) is 95.3 cm³/mol. The Morgan fingerprint density at radius 3 is 2.58 bits per heavy atom.